The zero-order valence-corrected chi connectivity index (χ0v) is 13.7. The number of halogens is 1. The van der Waals surface area contributed by atoms with Gasteiger partial charge < -0.3 is 14.8 Å². The van der Waals surface area contributed by atoms with Gasteiger partial charge in [-0.05, 0) is 29.4 Å². The molecule has 0 aromatic carbocycles. The second kappa shape index (κ2) is 8.68. The fourth-order valence-corrected chi connectivity index (χ4v) is 2.78. The lowest BCUT2D eigenvalue weighted by Crippen LogP contribution is -2.33. The van der Waals surface area contributed by atoms with Crippen molar-refractivity contribution in [3.05, 3.63) is 16.4 Å². The van der Waals surface area contributed by atoms with Crippen LogP contribution in [-0.4, -0.2) is 43.8 Å². The number of hydrogen-bond donors (Lipinski definition) is 1. The molecule has 2 atom stereocenters. The van der Waals surface area contributed by atoms with Gasteiger partial charge in [0.2, 0.25) is 0 Å². The van der Waals surface area contributed by atoms with E-state index in [9.17, 15) is 0 Å². The van der Waals surface area contributed by atoms with Gasteiger partial charge in [-0.3, -0.25) is 4.68 Å². The smallest absolute Gasteiger partial charge is 0.0781 e. The van der Waals surface area contributed by atoms with Crippen LogP contribution in [0.3, 0.4) is 0 Å². The molecule has 1 aromatic heterocycles. The summed E-state index contributed by atoms with van der Waals surface area (Å²) < 4.78 is 13.7. The zero-order chi connectivity index (χ0) is 14.3. The van der Waals surface area contributed by atoms with Gasteiger partial charge in [-0.1, -0.05) is 13.3 Å². The lowest BCUT2D eigenvalue weighted by Gasteiger charge is -2.26. The largest absolute Gasteiger partial charge is 0.383 e. The molecule has 6 heteroatoms. The van der Waals surface area contributed by atoms with Gasteiger partial charge in [0, 0.05) is 14.2 Å². The molecule has 1 heterocycles. The minimum atomic E-state index is 0.110. The van der Waals surface area contributed by atoms with E-state index in [1.54, 1.807) is 14.2 Å². The monoisotopic (exact) mass is 333 g/mol. The van der Waals surface area contributed by atoms with E-state index in [4.69, 9.17) is 9.47 Å². The third-order valence-electron chi connectivity index (χ3n) is 3.19. The first kappa shape index (κ1) is 16.6. The molecule has 19 heavy (non-hydrogen) atoms. The van der Waals surface area contributed by atoms with Crippen LogP contribution in [0.15, 0.2) is 10.7 Å². The van der Waals surface area contributed by atoms with E-state index < -0.39 is 0 Å². The van der Waals surface area contributed by atoms with Gasteiger partial charge in [-0.15, -0.1) is 0 Å². The molecule has 0 spiro atoms. The number of methoxy groups -OCH3 is 2. The highest BCUT2D eigenvalue weighted by Gasteiger charge is 2.26. The van der Waals surface area contributed by atoms with Crippen LogP contribution in [0.25, 0.3) is 0 Å². The van der Waals surface area contributed by atoms with Gasteiger partial charge in [-0.25, -0.2) is 0 Å². The quantitative estimate of drug-likeness (QED) is 0.753. The van der Waals surface area contributed by atoms with E-state index in [-0.39, 0.29) is 12.1 Å². The molecule has 0 aliphatic heterocycles. The summed E-state index contributed by atoms with van der Waals surface area (Å²) in [5.74, 6) is 0. The molecule has 5 nitrogen and oxygen atoms in total. The summed E-state index contributed by atoms with van der Waals surface area (Å²) in [7, 11) is 5.41. The van der Waals surface area contributed by atoms with Crippen LogP contribution in [0.4, 0.5) is 0 Å². The highest BCUT2D eigenvalue weighted by molar-refractivity contribution is 9.10. The van der Waals surface area contributed by atoms with E-state index in [2.05, 4.69) is 33.3 Å². The Labute approximate surface area is 123 Å². The number of hydrogen-bond acceptors (Lipinski definition) is 4. The molecule has 110 valence electrons. The van der Waals surface area contributed by atoms with Crippen LogP contribution in [0, 0.1) is 0 Å². The minimum absolute atomic E-state index is 0.110. The molecular formula is C13H24BrN3O2. The van der Waals surface area contributed by atoms with Crippen molar-refractivity contribution >= 4 is 15.9 Å². The maximum atomic E-state index is 5.63. The molecule has 0 saturated heterocycles. The van der Waals surface area contributed by atoms with Crippen LogP contribution in [0.2, 0.25) is 0 Å². The third-order valence-corrected chi connectivity index (χ3v) is 3.80. The van der Waals surface area contributed by atoms with Gasteiger partial charge in [-0.2, -0.15) is 5.10 Å². The van der Waals surface area contributed by atoms with E-state index in [0.29, 0.717) is 6.61 Å². The second-order valence-corrected chi connectivity index (χ2v) is 5.28. The van der Waals surface area contributed by atoms with Crippen LogP contribution >= 0.6 is 15.9 Å². The van der Waals surface area contributed by atoms with Gasteiger partial charge in [0.1, 0.15) is 0 Å². The Kier molecular flexibility index (Phi) is 7.60. The Morgan fingerprint density at radius 1 is 1.47 bits per heavy atom. The predicted octanol–water partition coefficient (Wildman–Crippen LogP) is 2.37. The molecule has 1 rings (SSSR count). The molecular weight excluding hydrogens is 310 g/mol. The Bertz CT molecular complexity index is 371. The van der Waals surface area contributed by atoms with Gasteiger partial charge >= 0.3 is 0 Å². The summed E-state index contributed by atoms with van der Waals surface area (Å²) in [5.41, 5.74) is 1.11. The normalized spacial score (nSPS) is 14.6. The molecule has 0 radical (unpaired) electrons. The van der Waals surface area contributed by atoms with Crippen LogP contribution in [0.5, 0.6) is 0 Å². The van der Waals surface area contributed by atoms with E-state index >= 15 is 0 Å². The third kappa shape index (κ3) is 4.27. The van der Waals surface area contributed by atoms with Gasteiger partial charge in [0.15, 0.2) is 0 Å². The van der Waals surface area contributed by atoms with Crippen molar-refractivity contribution in [1.29, 1.82) is 0 Å². The van der Waals surface area contributed by atoms with E-state index in [1.165, 1.54) is 0 Å². The number of ether oxygens (including phenoxy) is 2. The van der Waals surface area contributed by atoms with Crippen molar-refractivity contribution < 1.29 is 9.47 Å². The standard InChI is InChI=1S/C13H24BrN3O2/c1-5-6-11(19-4)12(15-2)13-10(14)9-16-17(13)7-8-18-3/h9,11-12,15H,5-8H2,1-4H3. The van der Waals surface area contributed by atoms with Crippen molar-refractivity contribution in [2.75, 3.05) is 27.9 Å². The number of nitrogens with one attached hydrogen (secondary N) is 1. The molecule has 1 N–H and O–H groups in total. The highest BCUT2D eigenvalue weighted by Crippen LogP contribution is 2.28. The number of nitrogens with zero attached hydrogens (tertiary/aromatic N) is 2. The number of aromatic nitrogens is 2. The molecule has 0 fully saturated rings. The van der Waals surface area contributed by atoms with Crippen molar-refractivity contribution in [2.45, 2.75) is 38.5 Å². The topological polar surface area (TPSA) is 48.3 Å². The van der Waals surface area contributed by atoms with E-state index in [1.807, 2.05) is 17.9 Å². The SMILES string of the molecule is CCCC(OC)C(NC)c1c(Br)cnn1CCOC. The molecule has 0 aliphatic carbocycles. The summed E-state index contributed by atoms with van der Waals surface area (Å²) in [6.45, 7) is 3.54. The molecule has 0 amide bonds. The molecule has 2 unspecified atom stereocenters. The molecule has 0 bridgehead atoms. The minimum Gasteiger partial charge on any atom is -0.383 e. The predicted molar refractivity (Wildman–Crippen MR) is 79.3 cm³/mol. The Morgan fingerprint density at radius 3 is 2.74 bits per heavy atom. The average Bonchev–Trinajstić information content (AvgIpc) is 2.78. The number of rotatable bonds is 9. The van der Waals surface area contributed by atoms with Crippen LogP contribution in [-0.2, 0) is 16.0 Å². The van der Waals surface area contributed by atoms with Crippen molar-refractivity contribution in [1.82, 2.24) is 15.1 Å². The maximum Gasteiger partial charge on any atom is 0.0781 e. The van der Waals surface area contributed by atoms with Crippen molar-refractivity contribution in [2.24, 2.45) is 0 Å². The summed E-state index contributed by atoms with van der Waals surface area (Å²) >= 11 is 3.58. The highest BCUT2D eigenvalue weighted by atomic mass is 79.9. The first-order valence-electron chi connectivity index (χ1n) is 6.59. The van der Waals surface area contributed by atoms with Crippen molar-refractivity contribution in [3.63, 3.8) is 0 Å². The summed E-state index contributed by atoms with van der Waals surface area (Å²) in [5, 5.41) is 7.73. The lowest BCUT2D eigenvalue weighted by molar-refractivity contribution is 0.0594. The maximum absolute atomic E-state index is 5.63. The molecule has 0 aliphatic rings. The Hall–Kier alpha value is -0.430. The van der Waals surface area contributed by atoms with Gasteiger partial charge in [0.25, 0.3) is 0 Å². The second-order valence-electron chi connectivity index (χ2n) is 4.42. The average molecular weight is 334 g/mol. The molecule has 1 aromatic rings. The Morgan fingerprint density at radius 2 is 2.21 bits per heavy atom. The lowest BCUT2D eigenvalue weighted by atomic mass is 10.0. The summed E-state index contributed by atoms with van der Waals surface area (Å²) in [6, 6.07) is 0.110. The van der Waals surface area contributed by atoms with Gasteiger partial charge in [0.05, 0.1) is 41.7 Å². The Balaban J connectivity index is 2.98. The van der Waals surface area contributed by atoms with Crippen LogP contribution in [0.1, 0.15) is 31.5 Å². The van der Waals surface area contributed by atoms with Crippen LogP contribution < -0.4 is 5.32 Å². The zero-order valence-electron chi connectivity index (χ0n) is 12.1. The van der Waals surface area contributed by atoms with E-state index in [0.717, 1.165) is 29.6 Å². The summed E-state index contributed by atoms with van der Waals surface area (Å²) in [4.78, 5) is 0. The molecule has 0 saturated carbocycles. The van der Waals surface area contributed by atoms with Crippen molar-refractivity contribution in [3.8, 4) is 0 Å². The number of likely N-dealkylation sites (N-methyl/N-ethyl adjacent to an activating group) is 1. The fraction of sp³-hybridized carbons (Fsp3) is 0.769. The summed E-state index contributed by atoms with van der Waals surface area (Å²) in [6.07, 6.45) is 4.04. The first-order valence-corrected chi connectivity index (χ1v) is 7.39. The fourth-order valence-electron chi connectivity index (χ4n) is 2.24. The first-order chi connectivity index (χ1) is 9.19.